The highest BCUT2D eigenvalue weighted by molar-refractivity contribution is 5.84. The number of allylic oxidation sites excluding steroid dienone is 1. The molecular weight excluding hydrogens is 1000 g/mol. The van der Waals surface area contributed by atoms with Crippen LogP contribution < -0.4 is 0 Å². The van der Waals surface area contributed by atoms with Gasteiger partial charge in [-0.25, -0.2) is 0 Å². The van der Waals surface area contributed by atoms with Gasteiger partial charge in [-0.2, -0.15) is 0 Å². The van der Waals surface area contributed by atoms with Crippen LogP contribution in [-0.2, 0) is 52.2 Å². The van der Waals surface area contributed by atoms with Crippen LogP contribution >= 0.6 is 0 Å². The Balaban J connectivity index is 0.872. The molecule has 5 saturated heterocycles. The monoisotopic (exact) mass is 1090 g/mol. The lowest BCUT2D eigenvalue weighted by atomic mass is 9.40. The zero-order chi connectivity index (χ0) is 55.4. The lowest BCUT2D eigenvalue weighted by molar-refractivity contribution is -0.389. The van der Waals surface area contributed by atoms with E-state index in [-0.39, 0.29) is 35.7 Å². The summed E-state index contributed by atoms with van der Waals surface area (Å²) in [6.07, 6.45) is -21.8. The van der Waals surface area contributed by atoms with E-state index in [9.17, 15) is 61.0 Å². The normalized spacial score (nSPS) is 53.1. The number of cyclic esters (lactones) is 1. The number of hydrogen-bond donors (Lipinski definition) is 11. The molecule has 436 valence electrons. The lowest BCUT2D eigenvalue weighted by Gasteiger charge is -2.64. The summed E-state index contributed by atoms with van der Waals surface area (Å²) in [5, 5.41) is 122. The molecule has 4 aliphatic carbocycles. The number of aliphatic hydroxyl groups excluding tert-OH is 11. The van der Waals surface area contributed by atoms with Crippen molar-refractivity contribution in [3.05, 3.63) is 11.6 Å². The van der Waals surface area contributed by atoms with Gasteiger partial charge in [-0.1, -0.05) is 59.6 Å². The zero-order valence-electron chi connectivity index (χ0n) is 45.4. The fourth-order valence-corrected chi connectivity index (χ4v) is 16.2. The van der Waals surface area contributed by atoms with Crippen LogP contribution in [0.1, 0.15) is 113 Å². The first kappa shape index (κ1) is 59.0. The van der Waals surface area contributed by atoms with Crippen LogP contribution in [0.3, 0.4) is 0 Å². The second-order valence-electron chi connectivity index (χ2n) is 25.4. The summed E-state index contributed by atoms with van der Waals surface area (Å²) in [5.74, 6) is 0.308. The van der Waals surface area contributed by atoms with Gasteiger partial charge in [-0.15, -0.1) is 0 Å². The molecule has 9 aliphatic rings. The Morgan fingerprint density at radius 3 is 1.89 bits per heavy atom. The van der Waals surface area contributed by atoms with Crippen LogP contribution in [0.4, 0.5) is 0 Å². The van der Waals surface area contributed by atoms with Gasteiger partial charge in [-0.05, 0) is 99.2 Å². The number of esters is 1. The highest BCUT2D eigenvalue weighted by Crippen LogP contribution is 2.76. The van der Waals surface area contributed by atoms with Gasteiger partial charge in [0.25, 0.3) is 0 Å². The summed E-state index contributed by atoms with van der Waals surface area (Å²) < 4.78 is 59.8. The number of hydrogen-bond acceptors (Lipinski definition) is 22. The van der Waals surface area contributed by atoms with Crippen molar-refractivity contribution in [2.75, 3.05) is 26.9 Å². The summed E-state index contributed by atoms with van der Waals surface area (Å²) >= 11 is 0. The lowest BCUT2D eigenvalue weighted by Crippen LogP contribution is -2.67. The summed E-state index contributed by atoms with van der Waals surface area (Å²) in [5.41, 5.74) is -1.85. The largest absolute Gasteiger partial charge is 0.459 e. The molecule has 0 radical (unpaired) electrons. The summed E-state index contributed by atoms with van der Waals surface area (Å²) in [6, 6.07) is 0. The number of fused-ring (bicyclic) bond motifs is 4. The Kier molecular flexibility index (Phi) is 17.1. The Hall–Kier alpha value is -1.59. The molecule has 11 N–H and O–H groups in total. The average molecular weight is 1090 g/mol. The third kappa shape index (κ3) is 9.47. The van der Waals surface area contributed by atoms with Gasteiger partial charge in [0.15, 0.2) is 25.2 Å². The van der Waals surface area contributed by atoms with Gasteiger partial charge in [0.1, 0.15) is 96.5 Å². The molecule has 22 nitrogen and oxygen atoms in total. The highest BCUT2D eigenvalue weighted by atomic mass is 16.8. The molecule has 0 aromatic heterocycles. The third-order valence-corrected chi connectivity index (χ3v) is 20.4. The minimum atomic E-state index is -1.90. The van der Waals surface area contributed by atoms with E-state index >= 15 is 0 Å². The predicted molar refractivity (Wildman–Crippen MR) is 262 cm³/mol. The number of rotatable bonds is 15. The molecule has 0 aromatic rings. The maximum Gasteiger partial charge on any atom is 0.316 e. The fourth-order valence-electron chi connectivity index (χ4n) is 16.2. The van der Waals surface area contributed by atoms with Gasteiger partial charge < -0.3 is 104 Å². The Bertz CT molecular complexity index is 2060. The van der Waals surface area contributed by atoms with Crippen LogP contribution in [0.25, 0.3) is 0 Å². The number of carbonyl (C=O) groups excluding carboxylic acids is 1. The predicted octanol–water partition coefficient (Wildman–Crippen LogP) is -0.337. The van der Waals surface area contributed by atoms with Crippen LogP contribution in [0, 0.1) is 45.3 Å². The van der Waals surface area contributed by atoms with Gasteiger partial charge >= 0.3 is 5.97 Å². The van der Waals surface area contributed by atoms with E-state index in [4.69, 9.17) is 47.4 Å². The second kappa shape index (κ2) is 22.0. The molecule has 0 bridgehead atoms. The SMILES string of the molecule is COC1C(O)C(CO)OC(OC2C(O)C(CO)OC(OC3C(C)OC(OC4C(OC5CCC6(C)C7=CC(O)C89C(=O)OC(C)(CCCC(C)C)C8CCC9(C)C7CCC6C5(C)C)OCC(O)C4O)C(O)C3O)C2O)C1O. The van der Waals surface area contributed by atoms with Crippen molar-refractivity contribution in [1.82, 2.24) is 0 Å². The third-order valence-electron chi connectivity index (χ3n) is 20.4. The van der Waals surface area contributed by atoms with E-state index in [1.165, 1.54) is 19.6 Å². The first-order valence-corrected chi connectivity index (χ1v) is 27.8. The van der Waals surface area contributed by atoms with Gasteiger partial charge in [0.2, 0.25) is 0 Å². The molecule has 9 rings (SSSR count). The maximum atomic E-state index is 14.4. The van der Waals surface area contributed by atoms with E-state index in [0.29, 0.717) is 18.8 Å². The molecular formula is C54H88O22. The summed E-state index contributed by atoms with van der Waals surface area (Å²) in [4.78, 5) is 14.4. The van der Waals surface area contributed by atoms with Crippen LogP contribution in [0.2, 0.25) is 0 Å². The minimum Gasteiger partial charge on any atom is -0.459 e. The zero-order valence-corrected chi connectivity index (χ0v) is 45.4. The molecule has 22 heteroatoms. The van der Waals surface area contributed by atoms with Crippen molar-refractivity contribution in [3.8, 4) is 0 Å². The van der Waals surface area contributed by atoms with Crippen LogP contribution in [0.15, 0.2) is 11.6 Å². The molecule has 1 spiro atoms. The Labute approximate surface area is 444 Å². The van der Waals surface area contributed by atoms with Gasteiger partial charge in [-0.3, -0.25) is 4.79 Å². The Morgan fingerprint density at radius 1 is 0.658 bits per heavy atom. The fraction of sp³-hybridized carbons (Fsp3) is 0.944. The van der Waals surface area contributed by atoms with E-state index in [1.807, 2.05) is 6.08 Å². The maximum absolute atomic E-state index is 14.4. The van der Waals surface area contributed by atoms with Gasteiger partial charge in [0.05, 0.1) is 38.1 Å². The van der Waals surface area contributed by atoms with Crippen molar-refractivity contribution in [2.45, 2.75) is 248 Å². The molecule has 28 unspecified atom stereocenters. The molecule has 28 atom stereocenters. The van der Waals surface area contributed by atoms with Crippen molar-refractivity contribution >= 4 is 5.97 Å². The second-order valence-corrected chi connectivity index (χ2v) is 25.4. The smallest absolute Gasteiger partial charge is 0.316 e. The number of methoxy groups -OCH3 is 1. The molecule has 0 aromatic carbocycles. The molecule has 5 aliphatic heterocycles. The van der Waals surface area contributed by atoms with E-state index in [0.717, 1.165) is 44.9 Å². The standard InChI is InChI=1S/C54H88O22/c1-23(2)11-10-16-53(8)31-14-18-52(7)25-12-13-30-50(4,5)33(15-17-51(30,6)26(25)19-32(58)54(31,52)49(66)76-53)72-48-44(34(59)27(57)22-68-48)75-45-38(63)37(62)41(24(3)69-45)73-47-40(65)43(36(61)29(21-56)71-47)74-46-39(64)42(67-9)35(60)28(20-55)70-46/h19,23-25,27-48,55-65H,10-18,20-22H2,1-9H3. The van der Waals surface area contributed by atoms with Crippen molar-refractivity contribution in [2.24, 2.45) is 45.3 Å². The number of aliphatic hydroxyl groups is 11. The molecule has 76 heavy (non-hydrogen) atoms. The van der Waals surface area contributed by atoms with E-state index < -0.39 is 164 Å². The van der Waals surface area contributed by atoms with Crippen molar-refractivity contribution in [1.29, 1.82) is 0 Å². The molecule has 8 fully saturated rings. The highest BCUT2D eigenvalue weighted by Gasteiger charge is 2.79. The van der Waals surface area contributed by atoms with E-state index in [1.54, 1.807) is 0 Å². The van der Waals surface area contributed by atoms with Gasteiger partial charge in [0, 0.05) is 13.0 Å². The molecule has 3 saturated carbocycles. The molecule has 0 amide bonds. The topological polar surface area (TPSA) is 332 Å². The number of carbonyl (C=O) groups is 1. The van der Waals surface area contributed by atoms with Crippen LogP contribution in [0.5, 0.6) is 0 Å². The van der Waals surface area contributed by atoms with E-state index in [2.05, 4.69) is 48.5 Å². The first-order chi connectivity index (χ1) is 35.7. The summed E-state index contributed by atoms with van der Waals surface area (Å²) in [6.45, 7) is 14.9. The van der Waals surface area contributed by atoms with Crippen molar-refractivity contribution < 1.29 is 108 Å². The summed E-state index contributed by atoms with van der Waals surface area (Å²) in [7, 11) is 1.21. The number of ether oxygens (including phenoxy) is 10. The molecule has 5 heterocycles. The quantitative estimate of drug-likeness (QED) is 0.0568. The minimum absolute atomic E-state index is 0.0577. The van der Waals surface area contributed by atoms with Crippen molar-refractivity contribution in [3.63, 3.8) is 0 Å². The Morgan fingerprint density at radius 2 is 1.26 bits per heavy atom. The average Bonchev–Trinajstić information content (AvgIpc) is 4.07. The van der Waals surface area contributed by atoms with Crippen LogP contribution in [-0.4, -0.2) is 224 Å². The first-order valence-electron chi connectivity index (χ1n) is 27.8.